The molecule has 4 N–H and O–H groups in total. The first-order valence-electron chi connectivity index (χ1n) is 8.44. The van der Waals surface area contributed by atoms with E-state index in [4.69, 9.17) is 5.73 Å². The van der Waals surface area contributed by atoms with Crippen molar-refractivity contribution >= 4 is 27.7 Å². The third-order valence-corrected chi connectivity index (χ3v) is 6.43. The molecule has 0 aromatic heterocycles. The molecule has 1 aliphatic rings. The highest BCUT2D eigenvalue weighted by Gasteiger charge is 2.30. The van der Waals surface area contributed by atoms with Crippen LogP contribution in [0.1, 0.15) is 24.8 Å². The number of hydrogen-bond donors (Lipinski definition) is 3. The molecule has 8 heteroatoms. The van der Waals surface area contributed by atoms with E-state index in [1.807, 2.05) is 13.2 Å². The fourth-order valence-electron chi connectivity index (χ4n) is 2.48. The standard InChI is InChI=1S/C17H27N3O3S2/c1-12-3-7-14(8-4-12)25(22,23)20-16(9-10-24-2)17(21)19-11-15(18)13-5-6-13/h3-4,7-8,13,15-16,20H,5-6,9-11,18H2,1-2H3,(H,19,21). The van der Waals surface area contributed by atoms with Gasteiger partial charge in [0, 0.05) is 12.6 Å². The number of sulfonamides is 1. The predicted molar refractivity (Wildman–Crippen MR) is 102 cm³/mol. The predicted octanol–water partition coefficient (Wildman–Crippen LogP) is 1.25. The van der Waals surface area contributed by atoms with Crippen molar-refractivity contribution in [3.63, 3.8) is 0 Å². The topological polar surface area (TPSA) is 101 Å². The fraction of sp³-hybridized carbons (Fsp3) is 0.588. The van der Waals surface area contributed by atoms with Gasteiger partial charge < -0.3 is 11.1 Å². The smallest absolute Gasteiger partial charge is 0.241 e. The minimum absolute atomic E-state index is 0.0566. The van der Waals surface area contributed by atoms with Gasteiger partial charge in [0.05, 0.1) is 4.90 Å². The zero-order valence-corrected chi connectivity index (χ0v) is 16.3. The summed E-state index contributed by atoms with van der Waals surface area (Å²) in [5, 5.41) is 2.80. The van der Waals surface area contributed by atoms with E-state index in [2.05, 4.69) is 10.0 Å². The molecule has 140 valence electrons. The van der Waals surface area contributed by atoms with Crippen LogP contribution in [-0.4, -0.2) is 45.0 Å². The van der Waals surface area contributed by atoms with E-state index in [1.165, 1.54) is 0 Å². The summed E-state index contributed by atoms with van der Waals surface area (Å²) in [4.78, 5) is 12.6. The van der Waals surface area contributed by atoms with Crippen molar-refractivity contribution in [1.82, 2.24) is 10.0 Å². The first-order valence-corrected chi connectivity index (χ1v) is 11.3. The summed E-state index contributed by atoms with van der Waals surface area (Å²) < 4.78 is 27.6. The van der Waals surface area contributed by atoms with Crippen LogP contribution in [0, 0.1) is 12.8 Å². The summed E-state index contributed by atoms with van der Waals surface area (Å²) in [6.45, 7) is 2.27. The monoisotopic (exact) mass is 385 g/mol. The van der Waals surface area contributed by atoms with E-state index in [0.717, 1.165) is 18.4 Å². The Morgan fingerprint density at radius 3 is 2.52 bits per heavy atom. The average molecular weight is 386 g/mol. The molecule has 1 aromatic rings. The molecule has 0 heterocycles. The number of amides is 1. The Balaban J connectivity index is 2.01. The van der Waals surface area contributed by atoms with Crippen molar-refractivity contribution in [3.05, 3.63) is 29.8 Å². The van der Waals surface area contributed by atoms with E-state index in [0.29, 0.717) is 24.6 Å². The second-order valence-electron chi connectivity index (χ2n) is 6.51. The molecular formula is C17H27N3O3S2. The van der Waals surface area contributed by atoms with Crippen LogP contribution in [0.5, 0.6) is 0 Å². The van der Waals surface area contributed by atoms with E-state index in [1.54, 1.807) is 36.0 Å². The van der Waals surface area contributed by atoms with Gasteiger partial charge in [0.25, 0.3) is 0 Å². The Kier molecular flexibility index (Phi) is 7.30. The number of thioether (sulfide) groups is 1. The van der Waals surface area contributed by atoms with Gasteiger partial charge in [-0.1, -0.05) is 17.7 Å². The maximum absolute atomic E-state index is 12.6. The molecule has 0 aliphatic heterocycles. The Bertz CT molecular complexity index is 673. The molecular weight excluding hydrogens is 358 g/mol. The maximum atomic E-state index is 12.6. The highest BCUT2D eigenvalue weighted by molar-refractivity contribution is 7.98. The molecule has 1 aromatic carbocycles. The minimum Gasteiger partial charge on any atom is -0.353 e. The lowest BCUT2D eigenvalue weighted by atomic mass is 10.2. The molecule has 1 aliphatic carbocycles. The number of hydrogen-bond acceptors (Lipinski definition) is 5. The average Bonchev–Trinajstić information content (AvgIpc) is 3.41. The summed E-state index contributed by atoms with van der Waals surface area (Å²) in [5.41, 5.74) is 6.98. The van der Waals surface area contributed by atoms with Crippen LogP contribution in [0.4, 0.5) is 0 Å². The lowest BCUT2D eigenvalue weighted by molar-refractivity contribution is -0.122. The van der Waals surface area contributed by atoms with Crippen molar-refractivity contribution < 1.29 is 13.2 Å². The van der Waals surface area contributed by atoms with Gasteiger partial charge in [-0.2, -0.15) is 16.5 Å². The summed E-state index contributed by atoms with van der Waals surface area (Å²) >= 11 is 1.57. The molecule has 1 amide bonds. The van der Waals surface area contributed by atoms with E-state index in [9.17, 15) is 13.2 Å². The number of aryl methyl sites for hydroxylation is 1. The van der Waals surface area contributed by atoms with E-state index in [-0.39, 0.29) is 16.8 Å². The lowest BCUT2D eigenvalue weighted by Crippen LogP contribution is -2.49. The lowest BCUT2D eigenvalue weighted by Gasteiger charge is -2.20. The molecule has 0 radical (unpaired) electrons. The normalized spacial score (nSPS) is 17.1. The number of rotatable bonds is 10. The van der Waals surface area contributed by atoms with Gasteiger partial charge in [-0.15, -0.1) is 0 Å². The molecule has 0 spiro atoms. The van der Waals surface area contributed by atoms with Crippen LogP contribution in [0.3, 0.4) is 0 Å². The molecule has 2 atom stereocenters. The number of carbonyl (C=O) groups excluding carboxylic acids is 1. The highest BCUT2D eigenvalue weighted by Crippen LogP contribution is 2.31. The number of carbonyl (C=O) groups is 1. The fourth-order valence-corrected chi connectivity index (χ4v) is 4.19. The minimum atomic E-state index is -3.75. The first kappa shape index (κ1) is 20.2. The van der Waals surface area contributed by atoms with Crippen LogP contribution in [0.2, 0.25) is 0 Å². The molecule has 25 heavy (non-hydrogen) atoms. The summed E-state index contributed by atoms with van der Waals surface area (Å²) in [6.07, 6.45) is 4.56. The Hall–Kier alpha value is -1.09. The van der Waals surface area contributed by atoms with Crippen molar-refractivity contribution in [2.75, 3.05) is 18.6 Å². The van der Waals surface area contributed by atoms with Crippen LogP contribution in [0.15, 0.2) is 29.2 Å². The van der Waals surface area contributed by atoms with E-state index >= 15 is 0 Å². The number of nitrogens with one attached hydrogen (secondary N) is 2. The Morgan fingerprint density at radius 2 is 1.96 bits per heavy atom. The van der Waals surface area contributed by atoms with Gasteiger partial charge in [-0.05, 0) is 56.2 Å². The van der Waals surface area contributed by atoms with Crippen LogP contribution < -0.4 is 15.8 Å². The molecule has 0 saturated heterocycles. The summed E-state index contributed by atoms with van der Waals surface area (Å²) in [7, 11) is -3.75. The van der Waals surface area contributed by atoms with Crippen molar-refractivity contribution in [3.8, 4) is 0 Å². The summed E-state index contributed by atoms with van der Waals surface area (Å²) in [5.74, 6) is 0.846. The quantitative estimate of drug-likeness (QED) is 0.563. The first-order chi connectivity index (χ1) is 11.8. The van der Waals surface area contributed by atoms with Crippen LogP contribution in [0.25, 0.3) is 0 Å². The SMILES string of the molecule is CSCCC(NS(=O)(=O)c1ccc(C)cc1)C(=O)NCC(N)C1CC1. The highest BCUT2D eigenvalue weighted by atomic mass is 32.2. The summed E-state index contributed by atoms with van der Waals surface area (Å²) in [6, 6.07) is 5.71. The molecule has 0 bridgehead atoms. The van der Waals surface area contributed by atoms with Gasteiger partial charge in [0.1, 0.15) is 6.04 Å². The second kappa shape index (κ2) is 9.02. The number of benzene rings is 1. The van der Waals surface area contributed by atoms with Crippen LogP contribution in [-0.2, 0) is 14.8 Å². The van der Waals surface area contributed by atoms with E-state index < -0.39 is 16.1 Å². The van der Waals surface area contributed by atoms with Crippen molar-refractivity contribution in [2.24, 2.45) is 11.7 Å². The van der Waals surface area contributed by atoms with Crippen molar-refractivity contribution in [1.29, 1.82) is 0 Å². The van der Waals surface area contributed by atoms with Gasteiger partial charge in [0.15, 0.2) is 0 Å². The molecule has 1 saturated carbocycles. The molecule has 1 fully saturated rings. The Morgan fingerprint density at radius 1 is 1.32 bits per heavy atom. The zero-order chi connectivity index (χ0) is 18.4. The number of nitrogens with two attached hydrogens (primary N) is 1. The zero-order valence-electron chi connectivity index (χ0n) is 14.7. The third kappa shape index (κ3) is 6.29. The van der Waals surface area contributed by atoms with Crippen molar-refractivity contribution in [2.45, 2.75) is 43.2 Å². The molecule has 6 nitrogen and oxygen atoms in total. The second-order valence-corrected chi connectivity index (χ2v) is 9.21. The molecule has 2 unspecified atom stereocenters. The Labute approximate surface area is 154 Å². The largest absolute Gasteiger partial charge is 0.353 e. The van der Waals surface area contributed by atoms with Gasteiger partial charge in [-0.25, -0.2) is 8.42 Å². The van der Waals surface area contributed by atoms with Gasteiger partial charge in [0.2, 0.25) is 15.9 Å². The molecule has 2 rings (SSSR count). The maximum Gasteiger partial charge on any atom is 0.241 e. The van der Waals surface area contributed by atoms with Gasteiger partial charge in [-0.3, -0.25) is 4.79 Å². The van der Waals surface area contributed by atoms with Gasteiger partial charge >= 0.3 is 0 Å². The third-order valence-electron chi connectivity index (χ3n) is 4.30. The van der Waals surface area contributed by atoms with Crippen LogP contribution >= 0.6 is 11.8 Å².